The van der Waals surface area contributed by atoms with Gasteiger partial charge in [-0.05, 0) is 30.5 Å². The molecule has 1 aromatic rings. The van der Waals surface area contributed by atoms with Gasteiger partial charge in [0.2, 0.25) is 0 Å². The standard InChI is InChI=1S/C12H16Cl2O/c1-3-4-8(2)12(15)10-7-9(13)5-6-11(10)14/h5-8,12,15H,3-4H2,1-2H3. The van der Waals surface area contributed by atoms with Gasteiger partial charge in [0.05, 0.1) is 6.10 Å². The minimum Gasteiger partial charge on any atom is -0.388 e. The molecule has 1 N–H and O–H groups in total. The maximum Gasteiger partial charge on any atom is 0.0830 e. The first-order chi connectivity index (χ1) is 7.06. The van der Waals surface area contributed by atoms with Gasteiger partial charge in [0.1, 0.15) is 0 Å². The molecule has 2 atom stereocenters. The predicted molar refractivity (Wildman–Crippen MR) is 65.5 cm³/mol. The topological polar surface area (TPSA) is 20.2 Å². The van der Waals surface area contributed by atoms with Crippen LogP contribution in [-0.2, 0) is 0 Å². The average Bonchev–Trinajstić information content (AvgIpc) is 2.21. The van der Waals surface area contributed by atoms with Gasteiger partial charge in [-0.3, -0.25) is 0 Å². The van der Waals surface area contributed by atoms with Crippen molar-refractivity contribution in [3.05, 3.63) is 33.8 Å². The van der Waals surface area contributed by atoms with Crippen LogP contribution in [0.4, 0.5) is 0 Å². The van der Waals surface area contributed by atoms with Crippen LogP contribution in [0.1, 0.15) is 38.4 Å². The highest BCUT2D eigenvalue weighted by atomic mass is 35.5. The molecule has 0 amide bonds. The van der Waals surface area contributed by atoms with Crippen molar-refractivity contribution in [3.8, 4) is 0 Å². The van der Waals surface area contributed by atoms with Crippen molar-refractivity contribution in [3.63, 3.8) is 0 Å². The van der Waals surface area contributed by atoms with Crippen molar-refractivity contribution < 1.29 is 5.11 Å². The van der Waals surface area contributed by atoms with E-state index in [1.807, 2.05) is 6.92 Å². The smallest absolute Gasteiger partial charge is 0.0830 e. The Bertz CT molecular complexity index is 325. The molecule has 0 aliphatic heterocycles. The Morgan fingerprint density at radius 2 is 2.00 bits per heavy atom. The lowest BCUT2D eigenvalue weighted by atomic mass is 9.94. The molecule has 0 bridgehead atoms. The first kappa shape index (κ1) is 12.8. The molecule has 0 aliphatic carbocycles. The van der Waals surface area contributed by atoms with E-state index in [0.717, 1.165) is 18.4 Å². The summed E-state index contributed by atoms with van der Waals surface area (Å²) in [5.74, 6) is 0.200. The molecule has 1 rings (SSSR count). The summed E-state index contributed by atoms with van der Waals surface area (Å²) in [6.45, 7) is 4.12. The molecule has 84 valence electrons. The van der Waals surface area contributed by atoms with E-state index < -0.39 is 6.10 Å². The largest absolute Gasteiger partial charge is 0.388 e. The molecule has 0 aromatic heterocycles. The summed E-state index contributed by atoms with van der Waals surface area (Å²) in [5, 5.41) is 11.3. The number of benzene rings is 1. The lowest BCUT2D eigenvalue weighted by Gasteiger charge is -2.19. The zero-order valence-corrected chi connectivity index (χ0v) is 10.5. The van der Waals surface area contributed by atoms with Gasteiger partial charge in [0, 0.05) is 15.6 Å². The maximum atomic E-state index is 10.1. The Morgan fingerprint density at radius 3 is 2.60 bits per heavy atom. The molecule has 0 spiro atoms. The monoisotopic (exact) mass is 246 g/mol. The first-order valence-electron chi connectivity index (χ1n) is 5.19. The van der Waals surface area contributed by atoms with Crippen molar-refractivity contribution in [2.24, 2.45) is 5.92 Å². The van der Waals surface area contributed by atoms with Crippen LogP contribution in [0.25, 0.3) is 0 Å². The van der Waals surface area contributed by atoms with E-state index in [4.69, 9.17) is 23.2 Å². The normalized spacial score (nSPS) is 15.0. The van der Waals surface area contributed by atoms with Crippen LogP contribution in [0.5, 0.6) is 0 Å². The third-order valence-corrected chi connectivity index (χ3v) is 3.14. The summed E-state index contributed by atoms with van der Waals surface area (Å²) >= 11 is 11.9. The molecule has 1 nitrogen and oxygen atoms in total. The van der Waals surface area contributed by atoms with Crippen LogP contribution >= 0.6 is 23.2 Å². The summed E-state index contributed by atoms with van der Waals surface area (Å²) in [7, 11) is 0. The zero-order chi connectivity index (χ0) is 11.4. The average molecular weight is 247 g/mol. The molecule has 2 unspecified atom stereocenters. The highest BCUT2D eigenvalue weighted by molar-refractivity contribution is 6.33. The molecule has 0 heterocycles. The quantitative estimate of drug-likeness (QED) is 0.832. The van der Waals surface area contributed by atoms with E-state index in [1.165, 1.54) is 0 Å². The van der Waals surface area contributed by atoms with Crippen LogP contribution in [-0.4, -0.2) is 5.11 Å². The van der Waals surface area contributed by atoms with Crippen molar-refractivity contribution in [2.75, 3.05) is 0 Å². The van der Waals surface area contributed by atoms with Crippen LogP contribution in [0.3, 0.4) is 0 Å². The highest BCUT2D eigenvalue weighted by Crippen LogP contribution is 2.32. The summed E-state index contributed by atoms with van der Waals surface area (Å²) in [6.07, 6.45) is 1.50. The summed E-state index contributed by atoms with van der Waals surface area (Å²) in [5.41, 5.74) is 0.727. The van der Waals surface area contributed by atoms with Gasteiger partial charge in [-0.1, -0.05) is 43.5 Å². The van der Waals surface area contributed by atoms with E-state index in [9.17, 15) is 5.11 Å². The second-order valence-electron chi connectivity index (χ2n) is 3.88. The molecular formula is C12H16Cl2O. The maximum absolute atomic E-state index is 10.1. The Balaban J connectivity index is 2.89. The van der Waals surface area contributed by atoms with Crippen LogP contribution < -0.4 is 0 Å². The second-order valence-corrected chi connectivity index (χ2v) is 4.72. The van der Waals surface area contributed by atoms with Crippen LogP contribution in [0, 0.1) is 5.92 Å². The Labute approximate surface area is 101 Å². The lowest BCUT2D eigenvalue weighted by Crippen LogP contribution is -2.09. The summed E-state index contributed by atoms with van der Waals surface area (Å²) < 4.78 is 0. The van der Waals surface area contributed by atoms with Gasteiger partial charge in [-0.15, -0.1) is 0 Å². The fourth-order valence-electron chi connectivity index (χ4n) is 1.66. The Hall–Kier alpha value is -0.240. The Morgan fingerprint density at radius 1 is 1.33 bits per heavy atom. The third kappa shape index (κ3) is 3.37. The zero-order valence-electron chi connectivity index (χ0n) is 9.00. The fraction of sp³-hybridized carbons (Fsp3) is 0.500. The van der Waals surface area contributed by atoms with Gasteiger partial charge in [-0.2, -0.15) is 0 Å². The number of aliphatic hydroxyl groups excluding tert-OH is 1. The van der Waals surface area contributed by atoms with E-state index in [2.05, 4.69) is 6.92 Å². The van der Waals surface area contributed by atoms with Crippen molar-refractivity contribution in [1.82, 2.24) is 0 Å². The molecule has 0 radical (unpaired) electrons. The summed E-state index contributed by atoms with van der Waals surface area (Å²) in [4.78, 5) is 0. The SMILES string of the molecule is CCCC(C)C(O)c1cc(Cl)ccc1Cl. The van der Waals surface area contributed by atoms with Crippen molar-refractivity contribution in [2.45, 2.75) is 32.8 Å². The minimum absolute atomic E-state index is 0.200. The van der Waals surface area contributed by atoms with E-state index in [-0.39, 0.29) is 5.92 Å². The number of hydrogen-bond donors (Lipinski definition) is 1. The molecule has 15 heavy (non-hydrogen) atoms. The molecule has 0 aliphatic rings. The van der Waals surface area contributed by atoms with Gasteiger partial charge in [0.25, 0.3) is 0 Å². The predicted octanol–water partition coefficient (Wildman–Crippen LogP) is 4.46. The molecule has 0 saturated carbocycles. The number of rotatable bonds is 4. The number of aliphatic hydroxyl groups is 1. The third-order valence-electron chi connectivity index (χ3n) is 2.56. The molecule has 1 aromatic carbocycles. The fourth-order valence-corrected chi connectivity index (χ4v) is 2.07. The van der Waals surface area contributed by atoms with Gasteiger partial charge >= 0.3 is 0 Å². The summed E-state index contributed by atoms with van der Waals surface area (Å²) in [6, 6.07) is 5.19. The lowest BCUT2D eigenvalue weighted by molar-refractivity contribution is 0.112. The highest BCUT2D eigenvalue weighted by Gasteiger charge is 2.18. The van der Waals surface area contributed by atoms with E-state index >= 15 is 0 Å². The Kier molecular flexibility index (Phi) is 4.91. The van der Waals surface area contributed by atoms with Gasteiger partial charge in [-0.25, -0.2) is 0 Å². The molecule has 0 fully saturated rings. The second kappa shape index (κ2) is 5.74. The van der Waals surface area contributed by atoms with Crippen molar-refractivity contribution in [1.29, 1.82) is 0 Å². The van der Waals surface area contributed by atoms with Crippen molar-refractivity contribution >= 4 is 23.2 Å². The van der Waals surface area contributed by atoms with Crippen LogP contribution in [0.2, 0.25) is 10.0 Å². The number of hydrogen-bond acceptors (Lipinski definition) is 1. The van der Waals surface area contributed by atoms with Gasteiger partial charge in [0.15, 0.2) is 0 Å². The molecular weight excluding hydrogens is 231 g/mol. The van der Waals surface area contributed by atoms with Gasteiger partial charge < -0.3 is 5.11 Å². The van der Waals surface area contributed by atoms with E-state index in [0.29, 0.717) is 10.0 Å². The van der Waals surface area contributed by atoms with E-state index in [1.54, 1.807) is 18.2 Å². The minimum atomic E-state index is -0.531. The first-order valence-corrected chi connectivity index (χ1v) is 5.94. The van der Waals surface area contributed by atoms with Crippen LogP contribution in [0.15, 0.2) is 18.2 Å². The molecule has 3 heteroatoms. The molecule has 0 saturated heterocycles. The number of halogens is 2.